The van der Waals surface area contributed by atoms with Crippen LogP contribution in [0.5, 0.6) is 11.5 Å². The Morgan fingerprint density at radius 3 is 1.37 bits per heavy atom. The fraction of sp³-hybridized carbons (Fsp3) is 0.487. The summed E-state index contributed by atoms with van der Waals surface area (Å²) in [4.78, 5) is 33.0. The van der Waals surface area contributed by atoms with Crippen LogP contribution in [0.1, 0.15) is 61.4 Å². The van der Waals surface area contributed by atoms with Crippen LogP contribution in [0.4, 0.5) is 0 Å². The number of nitrogens with zero attached hydrogens (tertiary/aromatic N) is 3. The predicted octanol–water partition coefficient (Wildman–Crippen LogP) is 1.48. The van der Waals surface area contributed by atoms with E-state index in [2.05, 4.69) is 37.5 Å². The first-order valence-electron chi connectivity index (χ1n) is 18.0. The van der Waals surface area contributed by atoms with Gasteiger partial charge in [-0.25, -0.2) is 0 Å². The van der Waals surface area contributed by atoms with Gasteiger partial charge in [0.05, 0.1) is 49.6 Å². The van der Waals surface area contributed by atoms with E-state index in [0.717, 1.165) is 56.7 Å². The van der Waals surface area contributed by atoms with Gasteiger partial charge in [-0.1, -0.05) is 42.5 Å². The lowest BCUT2D eigenvalue weighted by Crippen LogP contribution is -2.40. The molecule has 4 rings (SSSR count). The molecule has 0 aromatic heterocycles. The maximum Gasteiger partial charge on any atom is 0.255 e. The van der Waals surface area contributed by atoms with E-state index < -0.39 is 50.3 Å². The zero-order valence-corrected chi connectivity index (χ0v) is 30.3. The van der Waals surface area contributed by atoms with Crippen LogP contribution in [-0.4, -0.2) is 135 Å². The Bertz CT molecular complexity index is 1500. The summed E-state index contributed by atoms with van der Waals surface area (Å²) in [6.07, 6.45) is 1.75. The first-order valence-corrected chi connectivity index (χ1v) is 18.0. The number of nitrogens with one attached hydrogen (secondary N) is 2. The number of carbonyl (C=O) groups is 2. The lowest BCUT2D eigenvalue weighted by molar-refractivity contribution is 0.0870. The Morgan fingerprint density at radius 1 is 0.596 bits per heavy atom. The molecule has 0 spiro atoms. The van der Waals surface area contributed by atoms with Crippen molar-refractivity contribution in [1.29, 1.82) is 0 Å². The molecule has 0 bridgehead atoms. The van der Waals surface area contributed by atoms with Gasteiger partial charge in [-0.05, 0) is 81.7 Å². The zero-order valence-electron chi connectivity index (χ0n) is 30.3. The summed E-state index contributed by atoms with van der Waals surface area (Å²) in [5.41, 5.74) is 4.14. The molecule has 1 aliphatic heterocycles. The molecule has 0 aliphatic carbocycles. The lowest BCUT2D eigenvalue weighted by Gasteiger charge is -2.28. The topological polar surface area (TPSA) is 189 Å². The van der Waals surface area contributed by atoms with Crippen molar-refractivity contribution < 1.29 is 40.2 Å². The van der Waals surface area contributed by atoms with Gasteiger partial charge >= 0.3 is 0 Å². The second kappa shape index (κ2) is 20.2. The number of carbonyl (C=O) groups excluding carboxylic acids is 2. The molecule has 8 N–H and O–H groups in total. The number of aliphatic hydroxyl groups is 4. The standard InChI is InChI=1S/C39H55N5O8/c1-27-16-30(36(49)34(18-27)38(51)40-32(23-45)24-46)21-43-12-6-10-42(20-29-8-4-3-5-9-29)11-7-13-44(15-14-43)22-31-17-28(2)19-35(37(31)50)39(52)41-33(25-47)26-48/h3-5,8-9,16-19,32-33,45-50H,6-7,10-15,20-26H2,1-2H3,(H,40,51)(H,41,52). The highest BCUT2D eigenvalue weighted by molar-refractivity contribution is 5.98. The van der Waals surface area contributed by atoms with Gasteiger partial charge in [-0.3, -0.25) is 24.3 Å². The Labute approximate surface area is 306 Å². The van der Waals surface area contributed by atoms with Crippen LogP contribution in [0, 0.1) is 13.8 Å². The van der Waals surface area contributed by atoms with Gasteiger partial charge < -0.3 is 41.3 Å². The minimum absolute atomic E-state index is 0.0782. The van der Waals surface area contributed by atoms with E-state index in [1.807, 2.05) is 44.2 Å². The molecular formula is C39H55N5O8. The highest BCUT2D eigenvalue weighted by atomic mass is 16.3. The molecule has 284 valence electrons. The van der Waals surface area contributed by atoms with Crippen LogP contribution < -0.4 is 10.6 Å². The number of aliphatic hydroxyl groups excluding tert-OH is 4. The fourth-order valence-electron chi connectivity index (χ4n) is 6.57. The number of hydrogen-bond acceptors (Lipinski definition) is 11. The first kappa shape index (κ1) is 40.7. The van der Waals surface area contributed by atoms with Gasteiger partial charge in [0, 0.05) is 43.9 Å². The molecule has 3 aromatic rings. The minimum Gasteiger partial charge on any atom is -0.507 e. The van der Waals surface area contributed by atoms with Gasteiger partial charge in [0.1, 0.15) is 11.5 Å². The van der Waals surface area contributed by atoms with Crippen LogP contribution in [-0.2, 0) is 19.6 Å². The highest BCUT2D eigenvalue weighted by Crippen LogP contribution is 2.28. The van der Waals surface area contributed by atoms with Crippen LogP contribution in [0.3, 0.4) is 0 Å². The summed E-state index contributed by atoms with van der Waals surface area (Å²) in [7, 11) is 0. The number of aromatic hydroxyl groups is 2. The van der Waals surface area contributed by atoms with Crippen molar-refractivity contribution in [2.45, 2.75) is 58.4 Å². The second-order valence-electron chi connectivity index (χ2n) is 13.7. The van der Waals surface area contributed by atoms with E-state index in [4.69, 9.17) is 0 Å². The van der Waals surface area contributed by atoms with Crippen molar-refractivity contribution >= 4 is 11.8 Å². The Kier molecular flexibility index (Phi) is 15.8. The summed E-state index contributed by atoms with van der Waals surface area (Å²) in [5.74, 6) is -1.44. The summed E-state index contributed by atoms with van der Waals surface area (Å²) in [6, 6.07) is 15.6. The number of benzene rings is 3. The van der Waals surface area contributed by atoms with E-state index in [0.29, 0.717) is 37.3 Å². The van der Waals surface area contributed by atoms with Crippen molar-refractivity contribution in [3.63, 3.8) is 0 Å². The van der Waals surface area contributed by atoms with Crippen molar-refractivity contribution in [3.8, 4) is 11.5 Å². The third kappa shape index (κ3) is 11.7. The average molecular weight is 722 g/mol. The molecule has 0 unspecified atom stereocenters. The first-order chi connectivity index (χ1) is 25.0. The Balaban J connectivity index is 1.59. The monoisotopic (exact) mass is 721 g/mol. The Morgan fingerprint density at radius 2 is 0.981 bits per heavy atom. The van der Waals surface area contributed by atoms with Crippen molar-refractivity contribution in [2.75, 3.05) is 65.7 Å². The van der Waals surface area contributed by atoms with E-state index in [-0.39, 0.29) is 22.6 Å². The van der Waals surface area contributed by atoms with Gasteiger partial charge in [0.25, 0.3) is 11.8 Å². The third-order valence-electron chi connectivity index (χ3n) is 9.37. The number of hydrogen-bond donors (Lipinski definition) is 8. The molecule has 1 aliphatic rings. The van der Waals surface area contributed by atoms with E-state index in [1.54, 1.807) is 12.1 Å². The van der Waals surface area contributed by atoms with Gasteiger partial charge in [0.15, 0.2) is 0 Å². The molecule has 0 radical (unpaired) electrons. The Hall–Kier alpha value is -4.08. The van der Waals surface area contributed by atoms with E-state index in [9.17, 15) is 40.2 Å². The van der Waals surface area contributed by atoms with Crippen LogP contribution in [0.25, 0.3) is 0 Å². The molecule has 13 nitrogen and oxygen atoms in total. The molecule has 13 heteroatoms. The third-order valence-corrected chi connectivity index (χ3v) is 9.37. The lowest BCUT2D eigenvalue weighted by atomic mass is 10.0. The maximum atomic E-state index is 13.0. The minimum atomic E-state index is -0.844. The van der Waals surface area contributed by atoms with Gasteiger partial charge in [0.2, 0.25) is 0 Å². The molecule has 1 saturated heterocycles. The number of amides is 2. The summed E-state index contributed by atoms with van der Waals surface area (Å²) < 4.78 is 0. The smallest absolute Gasteiger partial charge is 0.255 e. The van der Waals surface area contributed by atoms with Crippen molar-refractivity contribution in [2.24, 2.45) is 0 Å². The SMILES string of the molecule is Cc1cc(CN2CCCN(Cc3ccccc3)CCCN(Cc3cc(C)cc(C(=O)NC(CO)CO)c3O)CC2)c(O)c(C(=O)NC(CO)CO)c1. The van der Waals surface area contributed by atoms with Crippen LogP contribution in [0.2, 0.25) is 0 Å². The van der Waals surface area contributed by atoms with E-state index >= 15 is 0 Å². The molecule has 0 atom stereocenters. The molecule has 0 saturated carbocycles. The molecule has 52 heavy (non-hydrogen) atoms. The number of phenols is 2. The highest BCUT2D eigenvalue weighted by Gasteiger charge is 2.23. The molecular weight excluding hydrogens is 666 g/mol. The van der Waals surface area contributed by atoms with Crippen molar-refractivity contribution in [3.05, 3.63) is 93.5 Å². The summed E-state index contributed by atoms with van der Waals surface area (Å²) >= 11 is 0. The fourth-order valence-corrected chi connectivity index (χ4v) is 6.57. The normalized spacial score (nSPS) is 15.5. The van der Waals surface area contributed by atoms with E-state index in [1.165, 1.54) is 5.56 Å². The summed E-state index contributed by atoms with van der Waals surface area (Å²) in [5, 5.41) is 65.6. The van der Waals surface area contributed by atoms with Crippen molar-refractivity contribution in [1.82, 2.24) is 25.3 Å². The average Bonchev–Trinajstić information content (AvgIpc) is 3.17. The molecule has 1 fully saturated rings. The zero-order chi connectivity index (χ0) is 37.6. The number of aryl methyl sites for hydroxylation is 2. The van der Waals surface area contributed by atoms with Gasteiger partial charge in [-0.15, -0.1) is 0 Å². The maximum absolute atomic E-state index is 13.0. The second-order valence-corrected chi connectivity index (χ2v) is 13.7. The van der Waals surface area contributed by atoms with Gasteiger partial charge in [-0.2, -0.15) is 0 Å². The number of rotatable bonds is 14. The predicted molar refractivity (Wildman–Crippen MR) is 198 cm³/mol. The molecule has 1 heterocycles. The molecule has 2 amide bonds. The van der Waals surface area contributed by atoms with Crippen LogP contribution >= 0.6 is 0 Å². The molecule has 3 aromatic carbocycles. The largest absolute Gasteiger partial charge is 0.507 e. The summed E-state index contributed by atoms with van der Waals surface area (Å²) in [6.45, 7) is 7.94. The van der Waals surface area contributed by atoms with Crippen LogP contribution in [0.15, 0.2) is 54.6 Å². The number of phenolic OH excluding ortho intramolecular Hbond substituents is 2. The quantitative estimate of drug-likeness (QED) is 0.120.